The number of hydrogen-bond donors (Lipinski definition) is 1. The van der Waals surface area contributed by atoms with Gasteiger partial charge in [0.2, 0.25) is 0 Å². The summed E-state index contributed by atoms with van der Waals surface area (Å²) in [5.41, 5.74) is 1.03. The summed E-state index contributed by atoms with van der Waals surface area (Å²) >= 11 is 5.72. The molecule has 1 aromatic carbocycles. The second-order valence-electron chi connectivity index (χ2n) is 2.28. The number of rotatable bonds is 1. The van der Waals surface area contributed by atoms with Crippen molar-refractivity contribution in [3.05, 3.63) is 28.3 Å². The lowest BCUT2D eigenvalue weighted by Gasteiger charge is -2.00. The Bertz CT molecular complexity index is 294. The van der Waals surface area contributed by atoms with Gasteiger partial charge >= 0.3 is 0 Å². The van der Waals surface area contributed by atoms with Gasteiger partial charge in [-0.25, -0.2) is 0 Å². The maximum Gasteiger partial charge on any atom is 0.151 e. The van der Waals surface area contributed by atoms with Gasteiger partial charge in [-0.05, 0) is 24.6 Å². The minimum atomic E-state index is 0.0639. The van der Waals surface area contributed by atoms with Crippen LogP contribution in [-0.4, -0.2) is 11.4 Å². The van der Waals surface area contributed by atoms with E-state index in [9.17, 15) is 4.79 Å². The minimum Gasteiger partial charge on any atom is -0.508 e. The van der Waals surface area contributed by atoms with Gasteiger partial charge in [0.15, 0.2) is 6.29 Å². The highest BCUT2D eigenvalue weighted by atomic mass is 35.5. The molecule has 1 aromatic rings. The van der Waals surface area contributed by atoms with Crippen molar-refractivity contribution in [3.63, 3.8) is 0 Å². The summed E-state index contributed by atoms with van der Waals surface area (Å²) < 4.78 is 0. The highest BCUT2D eigenvalue weighted by Gasteiger charge is 2.03. The largest absolute Gasteiger partial charge is 0.508 e. The number of carbonyl (C=O) groups is 1. The van der Waals surface area contributed by atoms with Gasteiger partial charge in [-0.1, -0.05) is 11.6 Å². The summed E-state index contributed by atoms with van der Waals surface area (Å²) in [5, 5.41) is 9.43. The average molecular weight is 171 g/mol. The molecule has 0 aromatic heterocycles. The first kappa shape index (κ1) is 8.08. The zero-order valence-electron chi connectivity index (χ0n) is 5.97. The van der Waals surface area contributed by atoms with Crippen molar-refractivity contribution in [3.8, 4) is 5.75 Å². The monoisotopic (exact) mass is 170 g/mol. The van der Waals surface area contributed by atoms with Gasteiger partial charge in [-0.3, -0.25) is 4.79 Å². The molecule has 3 heteroatoms. The van der Waals surface area contributed by atoms with E-state index < -0.39 is 0 Å². The Morgan fingerprint density at radius 1 is 1.55 bits per heavy atom. The third-order valence-corrected chi connectivity index (χ3v) is 1.91. The molecule has 0 aliphatic carbocycles. The molecule has 58 valence electrons. The fourth-order valence-electron chi connectivity index (χ4n) is 0.863. The third-order valence-electron chi connectivity index (χ3n) is 1.39. The maximum atomic E-state index is 10.3. The molecule has 0 aliphatic heterocycles. The summed E-state index contributed by atoms with van der Waals surface area (Å²) in [4.78, 5) is 10.3. The molecule has 0 fully saturated rings. The summed E-state index contributed by atoms with van der Waals surface area (Å²) in [7, 11) is 0. The number of aromatic hydroxyl groups is 1. The van der Waals surface area contributed by atoms with E-state index >= 15 is 0 Å². The van der Waals surface area contributed by atoms with E-state index in [-0.39, 0.29) is 5.75 Å². The Morgan fingerprint density at radius 3 is 2.73 bits per heavy atom. The van der Waals surface area contributed by atoms with E-state index in [0.29, 0.717) is 22.4 Å². The lowest BCUT2D eigenvalue weighted by molar-refractivity contribution is 0.112. The molecule has 0 saturated heterocycles. The predicted molar refractivity (Wildman–Crippen MR) is 43.2 cm³/mol. The van der Waals surface area contributed by atoms with Crippen LogP contribution >= 0.6 is 11.6 Å². The van der Waals surface area contributed by atoms with Crippen LogP contribution in [-0.2, 0) is 0 Å². The van der Waals surface area contributed by atoms with E-state index in [1.54, 1.807) is 6.92 Å². The lowest BCUT2D eigenvalue weighted by Crippen LogP contribution is -1.84. The Hall–Kier alpha value is -1.02. The summed E-state index contributed by atoms with van der Waals surface area (Å²) in [6.45, 7) is 1.73. The quantitative estimate of drug-likeness (QED) is 0.656. The van der Waals surface area contributed by atoms with Crippen LogP contribution in [0.2, 0.25) is 5.02 Å². The van der Waals surface area contributed by atoms with Crippen molar-refractivity contribution in [2.45, 2.75) is 6.92 Å². The standard InChI is InChI=1S/C8H7ClO2/c1-5-2-7(11)3-6(4-10)8(5)9/h2-4,11H,1H3. The number of aldehydes is 1. The molecule has 1 rings (SSSR count). The lowest BCUT2D eigenvalue weighted by atomic mass is 10.1. The Kier molecular flexibility index (Phi) is 2.15. The highest BCUT2D eigenvalue weighted by Crippen LogP contribution is 2.24. The molecule has 0 spiro atoms. The van der Waals surface area contributed by atoms with Crippen LogP contribution in [0.4, 0.5) is 0 Å². The molecule has 11 heavy (non-hydrogen) atoms. The molecule has 1 N–H and O–H groups in total. The van der Waals surface area contributed by atoms with Crippen LogP contribution in [0.1, 0.15) is 15.9 Å². The summed E-state index contributed by atoms with van der Waals surface area (Å²) in [6, 6.07) is 2.84. The van der Waals surface area contributed by atoms with Gasteiger partial charge in [-0.2, -0.15) is 0 Å². The normalized spacial score (nSPS) is 9.64. The fraction of sp³-hybridized carbons (Fsp3) is 0.125. The molecule has 2 nitrogen and oxygen atoms in total. The molecule has 0 aliphatic rings. The fourth-order valence-corrected chi connectivity index (χ4v) is 1.02. The Labute approximate surface area is 69.4 Å². The molecule has 0 radical (unpaired) electrons. The maximum absolute atomic E-state index is 10.3. The van der Waals surface area contributed by atoms with Gasteiger partial charge in [0.05, 0.1) is 5.02 Å². The van der Waals surface area contributed by atoms with E-state index in [1.165, 1.54) is 12.1 Å². The predicted octanol–water partition coefficient (Wildman–Crippen LogP) is 2.17. The zero-order chi connectivity index (χ0) is 8.43. The van der Waals surface area contributed by atoms with Gasteiger partial charge < -0.3 is 5.11 Å². The molecular weight excluding hydrogens is 164 g/mol. The number of hydrogen-bond acceptors (Lipinski definition) is 2. The second-order valence-corrected chi connectivity index (χ2v) is 2.66. The number of carbonyl (C=O) groups excluding carboxylic acids is 1. The van der Waals surface area contributed by atoms with Crippen LogP contribution in [0.15, 0.2) is 12.1 Å². The minimum absolute atomic E-state index is 0.0639. The molecule has 0 atom stereocenters. The Morgan fingerprint density at radius 2 is 2.18 bits per heavy atom. The first-order valence-electron chi connectivity index (χ1n) is 3.09. The molecule has 0 heterocycles. The first-order valence-corrected chi connectivity index (χ1v) is 3.47. The van der Waals surface area contributed by atoms with Gasteiger partial charge in [0.25, 0.3) is 0 Å². The van der Waals surface area contributed by atoms with Crippen molar-refractivity contribution < 1.29 is 9.90 Å². The van der Waals surface area contributed by atoms with Crippen LogP contribution in [0.5, 0.6) is 5.75 Å². The molecule has 0 saturated carbocycles. The van der Waals surface area contributed by atoms with Gasteiger partial charge in [0, 0.05) is 5.56 Å². The number of halogens is 1. The Balaban J connectivity index is 3.35. The zero-order valence-corrected chi connectivity index (χ0v) is 6.72. The average Bonchev–Trinajstić information content (AvgIpc) is 1.96. The number of phenolic OH excluding ortho intramolecular Hbond substituents is 1. The van der Waals surface area contributed by atoms with Crippen molar-refractivity contribution in [2.75, 3.05) is 0 Å². The van der Waals surface area contributed by atoms with Gasteiger partial charge in [0.1, 0.15) is 5.75 Å². The van der Waals surface area contributed by atoms with Crippen LogP contribution in [0.3, 0.4) is 0 Å². The van der Waals surface area contributed by atoms with Crippen molar-refractivity contribution in [1.82, 2.24) is 0 Å². The van der Waals surface area contributed by atoms with Crippen LogP contribution < -0.4 is 0 Å². The summed E-state index contributed by atoms with van der Waals surface area (Å²) in [5.74, 6) is 0.0639. The van der Waals surface area contributed by atoms with Crippen molar-refractivity contribution in [1.29, 1.82) is 0 Å². The molecule has 0 amide bonds. The topological polar surface area (TPSA) is 37.3 Å². The third kappa shape index (κ3) is 1.52. The van der Waals surface area contributed by atoms with E-state index in [2.05, 4.69) is 0 Å². The van der Waals surface area contributed by atoms with Crippen molar-refractivity contribution >= 4 is 17.9 Å². The summed E-state index contributed by atoms with van der Waals surface area (Å²) in [6.07, 6.45) is 0.620. The highest BCUT2D eigenvalue weighted by molar-refractivity contribution is 6.33. The van der Waals surface area contributed by atoms with E-state index in [0.717, 1.165) is 0 Å². The second kappa shape index (κ2) is 2.93. The van der Waals surface area contributed by atoms with Crippen LogP contribution in [0, 0.1) is 6.92 Å². The molecule has 0 unspecified atom stereocenters. The first-order chi connectivity index (χ1) is 5.15. The smallest absolute Gasteiger partial charge is 0.151 e. The number of phenols is 1. The molecular formula is C8H7ClO2. The number of aryl methyl sites for hydroxylation is 1. The SMILES string of the molecule is Cc1cc(O)cc(C=O)c1Cl. The molecule has 0 bridgehead atoms. The van der Waals surface area contributed by atoms with Crippen LogP contribution in [0.25, 0.3) is 0 Å². The number of benzene rings is 1. The van der Waals surface area contributed by atoms with E-state index in [1.807, 2.05) is 0 Å². The van der Waals surface area contributed by atoms with E-state index in [4.69, 9.17) is 16.7 Å². The van der Waals surface area contributed by atoms with Crippen molar-refractivity contribution in [2.24, 2.45) is 0 Å². The van der Waals surface area contributed by atoms with Gasteiger partial charge in [-0.15, -0.1) is 0 Å².